The van der Waals surface area contributed by atoms with E-state index in [1.807, 2.05) is 13.0 Å². The molecule has 0 spiro atoms. The van der Waals surface area contributed by atoms with Gasteiger partial charge in [0.2, 0.25) is 17.6 Å². The maximum absolute atomic E-state index is 14.7. The van der Waals surface area contributed by atoms with Crippen molar-refractivity contribution >= 4 is 34.1 Å². The number of fused-ring (bicyclic) bond motifs is 1. The van der Waals surface area contributed by atoms with E-state index < -0.39 is 11.7 Å². The molecule has 0 bridgehead atoms. The van der Waals surface area contributed by atoms with Crippen LogP contribution in [0, 0.1) is 5.95 Å². The van der Waals surface area contributed by atoms with Gasteiger partial charge < -0.3 is 20.4 Å². The highest BCUT2D eigenvalue weighted by Crippen LogP contribution is 2.23. The fourth-order valence-electron chi connectivity index (χ4n) is 2.96. The van der Waals surface area contributed by atoms with E-state index in [-0.39, 0.29) is 17.2 Å². The summed E-state index contributed by atoms with van der Waals surface area (Å²) in [7, 11) is 1.52. The van der Waals surface area contributed by atoms with Gasteiger partial charge in [0.05, 0.1) is 36.1 Å². The number of nitrogens with one attached hydrogen (secondary N) is 3. The minimum Gasteiger partial charge on any atom is -0.495 e. The lowest BCUT2D eigenvalue weighted by Crippen LogP contribution is -2.13. The van der Waals surface area contributed by atoms with Crippen molar-refractivity contribution in [1.82, 2.24) is 24.9 Å². The van der Waals surface area contributed by atoms with Crippen LogP contribution < -0.4 is 15.4 Å². The molecule has 0 aliphatic carbocycles. The number of aromatic nitrogens is 5. The van der Waals surface area contributed by atoms with Gasteiger partial charge in [0, 0.05) is 18.8 Å². The Hall–Kier alpha value is -4.08. The number of hydrogen-bond acceptors (Lipinski definition) is 8. The second-order valence-corrected chi connectivity index (χ2v) is 6.66. The van der Waals surface area contributed by atoms with Crippen molar-refractivity contribution in [3.05, 3.63) is 60.2 Å². The van der Waals surface area contributed by atoms with Crippen molar-refractivity contribution in [3.8, 4) is 5.75 Å². The molecule has 0 aliphatic rings. The van der Waals surface area contributed by atoms with Crippen LogP contribution in [0.3, 0.4) is 0 Å². The molecule has 0 unspecified atom stereocenters. The number of carbonyl (C=O) groups excluding carboxylic acids is 1. The normalized spacial score (nSPS) is 10.8. The van der Waals surface area contributed by atoms with Crippen LogP contribution in [0.5, 0.6) is 5.75 Å². The van der Waals surface area contributed by atoms with Crippen LogP contribution in [0.4, 0.5) is 21.7 Å². The van der Waals surface area contributed by atoms with Gasteiger partial charge in [-0.15, -0.1) is 0 Å². The quantitative estimate of drug-likeness (QED) is 0.291. The second-order valence-electron chi connectivity index (χ2n) is 6.66. The van der Waals surface area contributed by atoms with Crippen molar-refractivity contribution in [1.29, 1.82) is 0 Å². The number of rotatable bonds is 8. The van der Waals surface area contributed by atoms with Gasteiger partial charge in [0.15, 0.2) is 0 Å². The zero-order chi connectivity index (χ0) is 21.8. The fourth-order valence-corrected chi connectivity index (χ4v) is 2.96. The second kappa shape index (κ2) is 8.74. The number of halogens is 1. The van der Waals surface area contributed by atoms with E-state index >= 15 is 0 Å². The van der Waals surface area contributed by atoms with Crippen molar-refractivity contribution in [2.24, 2.45) is 0 Å². The zero-order valence-corrected chi connectivity index (χ0v) is 16.9. The summed E-state index contributed by atoms with van der Waals surface area (Å²) in [4.78, 5) is 32.3. The van der Waals surface area contributed by atoms with Crippen molar-refractivity contribution in [2.45, 2.75) is 13.3 Å². The first kappa shape index (κ1) is 20.2. The van der Waals surface area contributed by atoms with E-state index in [1.165, 1.54) is 19.2 Å². The molecule has 0 fully saturated rings. The first-order chi connectivity index (χ1) is 15.1. The summed E-state index contributed by atoms with van der Waals surface area (Å²) >= 11 is 0. The third kappa shape index (κ3) is 4.27. The lowest BCUT2D eigenvalue weighted by atomic mass is 10.1. The number of ether oxygens (including phenoxy) is 1. The average Bonchev–Trinajstić information content (AvgIpc) is 3.26. The molecule has 158 valence electrons. The SMILES string of the molecule is CCCNc1nc(C(=O)c2ccc(Nc3cncc(OC)c3)nc2F)nc2[nH]ccc12. The third-order valence-electron chi connectivity index (χ3n) is 4.48. The van der Waals surface area contributed by atoms with Crippen LogP contribution >= 0.6 is 0 Å². The van der Waals surface area contributed by atoms with E-state index in [2.05, 4.69) is 35.6 Å². The van der Waals surface area contributed by atoms with Crippen molar-refractivity contribution in [3.63, 3.8) is 0 Å². The van der Waals surface area contributed by atoms with E-state index in [0.717, 1.165) is 11.8 Å². The van der Waals surface area contributed by atoms with E-state index in [1.54, 1.807) is 24.7 Å². The van der Waals surface area contributed by atoms with Crippen LogP contribution in [0.15, 0.2) is 42.9 Å². The number of H-pyrrole nitrogens is 1. The molecule has 4 aromatic heterocycles. The lowest BCUT2D eigenvalue weighted by molar-refractivity contribution is 0.102. The molecule has 4 aromatic rings. The van der Waals surface area contributed by atoms with Crippen LogP contribution in [-0.4, -0.2) is 44.4 Å². The monoisotopic (exact) mass is 421 g/mol. The van der Waals surface area contributed by atoms with Gasteiger partial charge in [0.25, 0.3) is 0 Å². The Labute approximate surface area is 177 Å². The molecule has 0 aromatic carbocycles. The minimum absolute atomic E-state index is 0.119. The van der Waals surface area contributed by atoms with Gasteiger partial charge in [-0.2, -0.15) is 4.39 Å². The number of aromatic amines is 1. The van der Waals surface area contributed by atoms with Crippen LogP contribution in [0.2, 0.25) is 0 Å². The molecule has 0 saturated heterocycles. The Morgan fingerprint density at radius 1 is 1.19 bits per heavy atom. The maximum Gasteiger partial charge on any atom is 0.234 e. The number of hydrogen-bond donors (Lipinski definition) is 3. The molecule has 9 nitrogen and oxygen atoms in total. The molecule has 0 radical (unpaired) electrons. The van der Waals surface area contributed by atoms with Crippen LogP contribution in [-0.2, 0) is 0 Å². The molecule has 31 heavy (non-hydrogen) atoms. The third-order valence-corrected chi connectivity index (χ3v) is 4.48. The summed E-state index contributed by atoms with van der Waals surface area (Å²) in [5, 5.41) is 6.86. The lowest BCUT2D eigenvalue weighted by Gasteiger charge is -2.09. The number of pyridine rings is 2. The summed E-state index contributed by atoms with van der Waals surface area (Å²) in [5.74, 6) is -0.419. The highest BCUT2D eigenvalue weighted by Gasteiger charge is 2.21. The highest BCUT2D eigenvalue weighted by atomic mass is 19.1. The van der Waals surface area contributed by atoms with Crippen molar-refractivity contribution in [2.75, 3.05) is 24.3 Å². The Bertz CT molecular complexity index is 1240. The molecule has 10 heteroatoms. The van der Waals surface area contributed by atoms with Crippen LogP contribution in [0.25, 0.3) is 11.0 Å². The largest absolute Gasteiger partial charge is 0.495 e. The number of ketones is 1. The smallest absolute Gasteiger partial charge is 0.234 e. The Morgan fingerprint density at radius 3 is 2.84 bits per heavy atom. The summed E-state index contributed by atoms with van der Waals surface area (Å²) < 4.78 is 19.8. The molecule has 3 N–H and O–H groups in total. The van der Waals surface area contributed by atoms with Gasteiger partial charge in [-0.25, -0.2) is 15.0 Å². The first-order valence-electron chi connectivity index (χ1n) is 9.65. The highest BCUT2D eigenvalue weighted by molar-refractivity contribution is 6.08. The van der Waals surface area contributed by atoms with Gasteiger partial charge in [-0.05, 0) is 24.6 Å². The maximum atomic E-state index is 14.7. The van der Waals surface area contributed by atoms with Crippen LogP contribution in [0.1, 0.15) is 29.5 Å². The average molecular weight is 421 g/mol. The summed E-state index contributed by atoms with van der Waals surface area (Å²) in [6.07, 6.45) is 5.69. The predicted molar refractivity (Wildman–Crippen MR) is 114 cm³/mol. The molecular weight excluding hydrogens is 401 g/mol. The fraction of sp³-hybridized carbons (Fsp3) is 0.190. The number of anilines is 3. The Balaban J connectivity index is 1.61. The Morgan fingerprint density at radius 2 is 2.06 bits per heavy atom. The number of methoxy groups -OCH3 is 1. The van der Waals surface area contributed by atoms with E-state index in [0.29, 0.717) is 29.4 Å². The zero-order valence-electron chi connectivity index (χ0n) is 16.9. The minimum atomic E-state index is -0.927. The molecule has 4 rings (SSSR count). The molecular formula is C21H20FN7O2. The molecule has 0 aliphatic heterocycles. The van der Waals surface area contributed by atoms with E-state index in [4.69, 9.17) is 4.74 Å². The number of carbonyl (C=O) groups is 1. The number of nitrogens with zero attached hydrogens (tertiary/aromatic N) is 4. The summed E-state index contributed by atoms with van der Waals surface area (Å²) in [6.45, 7) is 2.70. The standard InChI is InChI=1S/C21H20FN7O2/c1-3-7-24-19-15-6-8-25-20(15)29-21(28-19)17(30)14-4-5-16(27-18(14)22)26-12-9-13(31-2)11-23-10-12/h4-6,8-11H,3,7H2,1-2H3,(H,26,27)(H2,24,25,28,29). The van der Waals surface area contributed by atoms with Gasteiger partial charge in [0.1, 0.15) is 23.0 Å². The van der Waals surface area contributed by atoms with E-state index in [9.17, 15) is 9.18 Å². The van der Waals surface area contributed by atoms with Crippen molar-refractivity contribution < 1.29 is 13.9 Å². The van der Waals surface area contributed by atoms with Gasteiger partial charge in [-0.1, -0.05) is 6.92 Å². The summed E-state index contributed by atoms with van der Waals surface area (Å²) in [6, 6.07) is 6.36. The molecule has 0 amide bonds. The van der Waals surface area contributed by atoms with Gasteiger partial charge in [-0.3, -0.25) is 9.78 Å². The molecule has 0 atom stereocenters. The predicted octanol–water partition coefficient (Wildman–Crippen LogP) is 3.69. The summed E-state index contributed by atoms with van der Waals surface area (Å²) in [5.41, 5.74) is 0.841. The Kier molecular flexibility index (Phi) is 5.69. The van der Waals surface area contributed by atoms with Gasteiger partial charge >= 0.3 is 0 Å². The topological polar surface area (TPSA) is 118 Å². The first-order valence-corrected chi connectivity index (χ1v) is 9.65. The molecule has 0 saturated carbocycles. The molecule has 4 heterocycles.